The van der Waals surface area contributed by atoms with E-state index in [0.29, 0.717) is 33.9 Å². The summed E-state index contributed by atoms with van der Waals surface area (Å²) in [7, 11) is 0. The van der Waals surface area contributed by atoms with E-state index < -0.39 is 4.92 Å². The number of nitrogens with one attached hydrogen (secondary N) is 1. The smallest absolute Gasteiger partial charge is 0.297 e. The third-order valence-corrected chi connectivity index (χ3v) is 3.20. The zero-order valence-corrected chi connectivity index (χ0v) is 11.2. The highest BCUT2D eigenvalue weighted by Gasteiger charge is 2.20. The number of hydrogen-bond acceptors (Lipinski definition) is 5. The minimum absolute atomic E-state index is 0.0261. The van der Waals surface area contributed by atoms with Gasteiger partial charge in [0.05, 0.1) is 16.1 Å². The summed E-state index contributed by atoms with van der Waals surface area (Å²) in [5.74, 6) is 1.27. The van der Waals surface area contributed by atoms with Gasteiger partial charge in [-0.2, -0.15) is 0 Å². The van der Waals surface area contributed by atoms with Crippen molar-refractivity contribution in [3.63, 3.8) is 0 Å². The summed E-state index contributed by atoms with van der Waals surface area (Å²) in [5, 5.41) is 15.1. The lowest BCUT2D eigenvalue weighted by Crippen LogP contribution is -1.92. The van der Waals surface area contributed by atoms with Gasteiger partial charge < -0.3 is 9.51 Å². The quantitative estimate of drug-likeness (QED) is 0.571. The Morgan fingerprint density at radius 2 is 2.05 bits per heavy atom. The van der Waals surface area contributed by atoms with Crippen molar-refractivity contribution in [1.29, 1.82) is 0 Å². The molecule has 0 amide bonds. The van der Waals surface area contributed by atoms with Gasteiger partial charge in [0, 0.05) is 11.6 Å². The molecule has 0 bridgehead atoms. The van der Waals surface area contributed by atoms with Gasteiger partial charge in [0.2, 0.25) is 0 Å². The number of rotatable bonds is 2. The minimum Gasteiger partial charge on any atom is -0.361 e. The summed E-state index contributed by atoms with van der Waals surface area (Å²) in [5.41, 5.74) is 3.15. The Morgan fingerprint density at radius 3 is 2.65 bits per heavy atom. The molecule has 0 atom stereocenters. The van der Waals surface area contributed by atoms with Gasteiger partial charge in [0.25, 0.3) is 5.69 Å². The van der Waals surface area contributed by atoms with E-state index in [4.69, 9.17) is 4.52 Å². The summed E-state index contributed by atoms with van der Waals surface area (Å²) in [4.78, 5) is 18.0. The maximum Gasteiger partial charge on any atom is 0.297 e. The molecule has 7 heteroatoms. The van der Waals surface area contributed by atoms with E-state index in [-0.39, 0.29) is 5.69 Å². The molecule has 0 aliphatic rings. The van der Waals surface area contributed by atoms with Crippen LogP contribution in [-0.2, 0) is 0 Å². The van der Waals surface area contributed by atoms with Crippen LogP contribution in [0.4, 0.5) is 5.69 Å². The molecule has 7 nitrogen and oxygen atoms in total. The summed E-state index contributed by atoms with van der Waals surface area (Å²) >= 11 is 0. The molecule has 2 heterocycles. The van der Waals surface area contributed by atoms with E-state index in [1.807, 2.05) is 6.07 Å². The molecule has 0 aliphatic heterocycles. The van der Waals surface area contributed by atoms with Crippen LogP contribution in [0.15, 0.2) is 16.7 Å². The SMILES string of the molecule is Cc1nc2c([N+](=O)[O-])cc(-c3c(C)noc3C)cc2[nH]1. The number of imidazole rings is 1. The van der Waals surface area contributed by atoms with Crippen LogP contribution in [0.1, 0.15) is 17.3 Å². The molecule has 0 spiro atoms. The van der Waals surface area contributed by atoms with Crippen molar-refractivity contribution < 1.29 is 9.45 Å². The molecular weight excluding hydrogens is 260 g/mol. The van der Waals surface area contributed by atoms with Gasteiger partial charge in [-0.25, -0.2) is 4.98 Å². The molecule has 0 saturated heterocycles. The number of nitro groups is 1. The third-order valence-electron chi connectivity index (χ3n) is 3.20. The lowest BCUT2D eigenvalue weighted by molar-refractivity contribution is -0.383. The fraction of sp³-hybridized carbons (Fsp3) is 0.231. The van der Waals surface area contributed by atoms with Crippen molar-refractivity contribution in [1.82, 2.24) is 15.1 Å². The Hall–Kier alpha value is -2.70. The van der Waals surface area contributed by atoms with Crippen LogP contribution in [0, 0.1) is 30.9 Å². The predicted molar refractivity (Wildman–Crippen MR) is 72.5 cm³/mol. The second-order valence-corrected chi connectivity index (χ2v) is 4.67. The first-order chi connectivity index (χ1) is 9.47. The zero-order chi connectivity index (χ0) is 14.4. The summed E-state index contributed by atoms with van der Waals surface area (Å²) in [6.45, 7) is 5.35. The van der Waals surface area contributed by atoms with Crippen molar-refractivity contribution in [2.24, 2.45) is 0 Å². The Balaban J connectivity index is 2.35. The fourth-order valence-corrected chi connectivity index (χ4v) is 2.40. The molecule has 0 fully saturated rings. The van der Waals surface area contributed by atoms with E-state index in [0.717, 1.165) is 5.56 Å². The van der Waals surface area contributed by atoms with Crippen molar-refractivity contribution in [3.8, 4) is 11.1 Å². The Labute approximate surface area is 113 Å². The first-order valence-electron chi connectivity index (χ1n) is 6.05. The number of hydrogen-bond donors (Lipinski definition) is 1. The van der Waals surface area contributed by atoms with Gasteiger partial charge in [-0.3, -0.25) is 10.1 Å². The number of aryl methyl sites for hydroxylation is 3. The molecule has 1 aromatic carbocycles. The van der Waals surface area contributed by atoms with E-state index in [1.165, 1.54) is 6.07 Å². The third kappa shape index (κ3) is 1.75. The molecule has 0 unspecified atom stereocenters. The van der Waals surface area contributed by atoms with Crippen molar-refractivity contribution in [2.75, 3.05) is 0 Å². The topological polar surface area (TPSA) is 97.8 Å². The lowest BCUT2D eigenvalue weighted by Gasteiger charge is -2.01. The molecule has 0 saturated carbocycles. The van der Waals surface area contributed by atoms with E-state index >= 15 is 0 Å². The van der Waals surface area contributed by atoms with E-state index in [2.05, 4.69) is 15.1 Å². The molecule has 3 rings (SSSR count). The van der Waals surface area contributed by atoms with Crippen molar-refractivity contribution >= 4 is 16.7 Å². The Morgan fingerprint density at radius 1 is 1.30 bits per heavy atom. The molecular formula is C13H12N4O3. The zero-order valence-electron chi connectivity index (χ0n) is 11.2. The van der Waals surface area contributed by atoms with Crippen LogP contribution in [0.2, 0.25) is 0 Å². The number of non-ortho nitro benzene ring substituents is 1. The maximum atomic E-state index is 11.2. The number of aromatic nitrogens is 3. The average Bonchev–Trinajstić information content (AvgIpc) is 2.90. The number of benzene rings is 1. The first-order valence-corrected chi connectivity index (χ1v) is 6.05. The first kappa shape index (κ1) is 12.3. The lowest BCUT2D eigenvalue weighted by atomic mass is 10.0. The van der Waals surface area contributed by atoms with E-state index in [9.17, 15) is 10.1 Å². The number of H-pyrrole nitrogens is 1. The Bertz CT molecular complexity index is 812. The average molecular weight is 272 g/mol. The van der Waals surface area contributed by atoms with E-state index in [1.54, 1.807) is 20.8 Å². The monoisotopic (exact) mass is 272 g/mol. The van der Waals surface area contributed by atoms with Crippen molar-refractivity contribution in [3.05, 3.63) is 39.5 Å². The number of aromatic amines is 1. The second-order valence-electron chi connectivity index (χ2n) is 4.67. The van der Waals surface area contributed by atoms with Gasteiger partial charge in [-0.15, -0.1) is 0 Å². The van der Waals surface area contributed by atoms with Gasteiger partial charge in [-0.05, 0) is 32.4 Å². The van der Waals surface area contributed by atoms with Gasteiger partial charge in [0.1, 0.15) is 11.6 Å². The van der Waals surface area contributed by atoms with Crippen LogP contribution in [0.5, 0.6) is 0 Å². The summed E-state index contributed by atoms with van der Waals surface area (Å²) in [6.07, 6.45) is 0. The van der Waals surface area contributed by atoms with Crippen LogP contribution >= 0.6 is 0 Å². The number of fused-ring (bicyclic) bond motifs is 1. The van der Waals surface area contributed by atoms with Crippen LogP contribution < -0.4 is 0 Å². The predicted octanol–water partition coefficient (Wildman–Crippen LogP) is 3.05. The molecule has 20 heavy (non-hydrogen) atoms. The standard InChI is InChI=1S/C13H12N4O3/c1-6-12(7(2)20-16-6)9-4-10-13(15-8(3)14-10)11(5-9)17(18)19/h4-5H,1-3H3,(H,14,15). The Kier molecular flexibility index (Phi) is 2.56. The minimum atomic E-state index is -0.426. The molecule has 0 aliphatic carbocycles. The number of nitrogens with zero attached hydrogens (tertiary/aromatic N) is 3. The normalized spacial score (nSPS) is 11.2. The molecule has 102 valence electrons. The molecule has 2 aromatic heterocycles. The highest BCUT2D eigenvalue weighted by atomic mass is 16.6. The van der Waals surface area contributed by atoms with Crippen LogP contribution in [0.3, 0.4) is 0 Å². The van der Waals surface area contributed by atoms with Crippen molar-refractivity contribution in [2.45, 2.75) is 20.8 Å². The molecule has 0 radical (unpaired) electrons. The fourth-order valence-electron chi connectivity index (χ4n) is 2.40. The van der Waals surface area contributed by atoms with Gasteiger partial charge >= 0.3 is 0 Å². The second kappa shape index (κ2) is 4.16. The van der Waals surface area contributed by atoms with Crippen LogP contribution in [-0.4, -0.2) is 20.0 Å². The summed E-state index contributed by atoms with van der Waals surface area (Å²) < 4.78 is 5.12. The molecule has 3 aromatic rings. The van der Waals surface area contributed by atoms with Crippen LogP contribution in [0.25, 0.3) is 22.2 Å². The number of nitro benzene ring substituents is 1. The van der Waals surface area contributed by atoms with Gasteiger partial charge in [-0.1, -0.05) is 5.16 Å². The highest BCUT2D eigenvalue weighted by molar-refractivity contribution is 5.90. The molecule has 1 N–H and O–H groups in total. The maximum absolute atomic E-state index is 11.2. The largest absolute Gasteiger partial charge is 0.361 e. The highest BCUT2D eigenvalue weighted by Crippen LogP contribution is 2.34. The summed E-state index contributed by atoms with van der Waals surface area (Å²) in [6, 6.07) is 3.34. The van der Waals surface area contributed by atoms with Gasteiger partial charge in [0.15, 0.2) is 5.52 Å².